The van der Waals surface area contributed by atoms with Crippen molar-refractivity contribution < 1.29 is 23.0 Å². The number of ether oxygens (including phenoxy) is 1. The average Bonchev–Trinajstić information content (AvgIpc) is 3.48. The fourth-order valence-corrected chi connectivity index (χ4v) is 3.51. The zero-order valence-corrected chi connectivity index (χ0v) is 16.9. The topological polar surface area (TPSA) is 116 Å². The molecule has 2 N–H and O–H groups in total. The van der Waals surface area contributed by atoms with Gasteiger partial charge in [0.2, 0.25) is 5.95 Å². The monoisotopic (exact) mass is 456 g/mol. The van der Waals surface area contributed by atoms with E-state index in [0.29, 0.717) is 22.5 Å². The molecular formula is C20H15F3N8O2. The summed E-state index contributed by atoms with van der Waals surface area (Å²) in [4.78, 5) is 3.65. The number of nitrogens with one attached hydrogen (secondary N) is 1. The van der Waals surface area contributed by atoms with E-state index in [2.05, 4.69) is 30.9 Å². The second-order valence-electron chi connectivity index (χ2n) is 7.09. The Labute approximate surface area is 183 Å². The Morgan fingerprint density at radius 1 is 1.15 bits per heavy atom. The van der Waals surface area contributed by atoms with E-state index in [4.69, 9.17) is 4.74 Å². The zero-order chi connectivity index (χ0) is 23.2. The Morgan fingerprint density at radius 3 is 2.70 bits per heavy atom. The highest BCUT2D eigenvalue weighted by atomic mass is 19.4. The van der Waals surface area contributed by atoms with Gasteiger partial charge in [-0.1, -0.05) is 18.2 Å². The molecule has 0 bridgehead atoms. The van der Waals surface area contributed by atoms with Crippen molar-refractivity contribution in [3.05, 3.63) is 71.8 Å². The van der Waals surface area contributed by atoms with Crippen molar-refractivity contribution in [1.82, 2.24) is 35.0 Å². The van der Waals surface area contributed by atoms with Crippen molar-refractivity contribution in [3.63, 3.8) is 0 Å². The second kappa shape index (κ2) is 7.62. The molecule has 3 heterocycles. The highest BCUT2D eigenvalue weighted by Gasteiger charge is 2.39. The number of aromatic hydroxyl groups is 1. The van der Waals surface area contributed by atoms with Crippen LogP contribution in [0.3, 0.4) is 0 Å². The van der Waals surface area contributed by atoms with Gasteiger partial charge in [-0.3, -0.25) is 0 Å². The van der Waals surface area contributed by atoms with Crippen molar-refractivity contribution in [1.29, 1.82) is 0 Å². The summed E-state index contributed by atoms with van der Waals surface area (Å²) < 4.78 is 47.6. The molecule has 2 aromatic carbocycles. The van der Waals surface area contributed by atoms with Gasteiger partial charge in [-0.05, 0) is 51.9 Å². The number of anilines is 1. The summed E-state index contributed by atoms with van der Waals surface area (Å²) in [7, 11) is 1.40. The second-order valence-corrected chi connectivity index (χ2v) is 7.09. The number of alkyl halides is 3. The smallest absolute Gasteiger partial charge is 0.453 e. The van der Waals surface area contributed by atoms with Gasteiger partial charge in [0.05, 0.1) is 12.8 Å². The Hall–Kier alpha value is -4.42. The van der Waals surface area contributed by atoms with Crippen molar-refractivity contribution in [2.45, 2.75) is 12.2 Å². The number of benzene rings is 2. The van der Waals surface area contributed by atoms with Gasteiger partial charge < -0.3 is 15.2 Å². The lowest BCUT2D eigenvalue weighted by molar-refractivity contribution is -0.145. The number of hydrogen-bond donors (Lipinski definition) is 2. The lowest BCUT2D eigenvalue weighted by Gasteiger charge is -2.24. The first-order valence-electron chi connectivity index (χ1n) is 9.57. The fraction of sp³-hybridized carbons (Fsp3) is 0.150. The molecule has 2 aromatic heterocycles. The number of methoxy groups -OCH3 is 1. The summed E-state index contributed by atoms with van der Waals surface area (Å²) in [6.45, 7) is 0. The van der Waals surface area contributed by atoms with E-state index in [-0.39, 0.29) is 17.4 Å². The van der Waals surface area contributed by atoms with Crippen molar-refractivity contribution in [3.8, 4) is 17.2 Å². The van der Waals surface area contributed by atoms with Crippen LogP contribution in [0.15, 0.2) is 54.9 Å². The number of nitrogens with zero attached hydrogens (tertiary/aromatic N) is 7. The number of phenols is 1. The van der Waals surface area contributed by atoms with Gasteiger partial charge in [0, 0.05) is 5.70 Å². The summed E-state index contributed by atoms with van der Waals surface area (Å²) in [5, 5.41) is 27.9. The zero-order valence-electron chi connectivity index (χ0n) is 16.9. The molecule has 10 nitrogen and oxygen atoms in total. The lowest BCUT2D eigenvalue weighted by Crippen LogP contribution is -2.20. The summed E-state index contributed by atoms with van der Waals surface area (Å²) in [6.07, 6.45) is -1.60. The normalized spacial score (nSPS) is 15.5. The minimum absolute atomic E-state index is 0.0899. The summed E-state index contributed by atoms with van der Waals surface area (Å²) >= 11 is 0. The maximum Gasteiger partial charge on any atom is 0.453 e. The Bertz CT molecular complexity index is 1350. The van der Waals surface area contributed by atoms with Crippen LogP contribution in [0.2, 0.25) is 0 Å². The number of allylic oxidation sites excluding steroid dienone is 1. The predicted molar refractivity (Wildman–Crippen MR) is 109 cm³/mol. The van der Waals surface area contributed by atoms with Gasteiger partial charge in [-0.25, -0.2) is 9.36 Å². The average molecular weight is 456 g/mol. The van der Waals surface area contributed by atoms with Crippen LogP contribution in [0, 0.1) is 0 Å². The molecule has 0 radical (unpaired) electrons. The largest absolute Gasteiger partial charge is 0.504 e. The SMILES string of the molecule is COc1ccc([C@@H]2C=C(c3cccc(-n4cnnn4)c3)Nc3nc(C(F)(F)F)nn32)cc1O. The van der Waals surface area contributed by atoms with Crippen LogP contribution in [-0.2, 0) is 6.18 Å². The first-order chi connectivity index (χ1) is 15.8. The van der Waals surface area contributed by atoms with Gasteiger partial charge in [0.15, 0.2) is 11.5 Å². The highest BCUT2D eigenvalue weighted by molar-refractivity contribution is 5.78. The molecule has 1 atom stereocenters. The number of phenolic OH excluding ortho intramolecular Hbond substituents is 1. The van der Waals surface area contributed by atoms with Crippen molar-refractivity contribution in [2.75, 3.05) is 12.4 Å². The van der Waals surface area contributed by atoms with Crippen molar-refractivity contribution in [2.24, 2.45) is 0 Å². The minimum Gasteiger partial charge on any atom is -0.504 e. The van der Waals surface area contributed by atoms with E-state index >= 15 is 0 Å². The van der Waals surface area contributed by atoms with Crippen LogP contribution >= 0.6 is 0 Å². The van der Waals surface area contributed by atoms with Gasteiger partial charge in [-0.2, -0.15) is 18.2 Å². The maximum atomic E-state index is 13.3. The summed E-state index contributed by atoms with van der Waals surface area (Å²) in [5.74, 6) is -1.28. The third-order valence-electron chi connectivity index (χ3n) is 5.03. The molecular weight excluding hydrogens is 441 g/mol. The molecule has 5 rings (SSSR count). The molecule has 1 aliphatic rings. The van der Waals surface area contributed by atoms with Gasteiger partial charge in [0.25, 0.3) is 5.82 Å². The molecule has 0 aliphatic carbocycles. The highest BCUT2D eigenvalue weighted by Crippen LogP contribution is 2.38. The quantitative estimate of drug-likeness (QED) is 0.482. The van der Waals surface area contributed by atoms with E-state index in [1.165, 1.54) is 30.3 Å². The Kier molecular flexibility index (Phi) is 4.73. The number of halogens is 3. The third kappa shape index (κ3) is 3.73. The number of hydrogen-bond acceptors (Lipinski definition) is 8. The Balaban J connectivity index is 1.62. The van der Waals surface area contributed by atoms with Crippen LogP contribution < -0.4 is 10.1 Å². The standard InChI is InChI=1S/C20H15F3N8O2/c1-33-17-6-5-12(8-16(17)32)15-9-14(25-19-26-18(20(21,22)23)27-31(15)19)11-3-2-4-13(7-11)30-10-24-28-29-30/h2-10,15,32H,1H3,(H,25,26,27)/t15-/m0/s1. The Morgan fingerprint density at radius 2 is 2.00 bits per heavy atom. The molecule has 33 heavy (non-hydrogen) atoms. The predicted octanol–water partition coefficient (Wildman–Crippen LogP) is 3.04. The molecule has 1 aliphatic heterocycles. The van der Waals surface area contributed by atoms with Gasteiger partial charge in [-0.15, -0.1) is 10.2 Å². The number of aromatic nitrogens is 7. The maximum absolute atomic E-state index is 13.3. The van der Waals surface area contributed by atoms with Gasteiger partial charge in [0.1, 0.15) is 12.4 Å². The fourth-order valence-electron chi connectivity index (χ4n) is 3.51. The first-order valence-corrected chi connectivity index (χ1v) is 9.57. The van der Waals surface area contributed by atoms with Crippen LogP contribution in [0.1, 0.15) is 23.0 Å². The number of rotatable bonds is 4. The summed E-state index contributed by atoms with van der Waals surface area (Å²) in [6, 6.07) is 10.9. The van der Waals surface area contributed by atoms with E-state index in [0.717, 1.165) is 4.68 Å². The summed E-state index contributed by atoms with van der Waals surface area (Å²) in [5.41, 5.74) is 2.30. The molecule has 13 heteroatoms. The minimum atomic E-state index is -4.72. The number of tetrazole rings is 1. The van der Waals surface area contributed by atoms with Crippen LogP contribution in [-0.4, -0.2) is 47.2 Å². The third-order valence-corrected chi connectivity index (χ3v) is 5.03. The molecule has 0 unspecified atom stereocenters. The molecule has 0 spiro atoms. The van der Waals surface area contributed by atoms with E-state index in [1.807, 2.05) is 0 Å². The molecule has 4 aromatic rings. The van der Waals surface area contributed by atoms with Crippen molar-refractivity contribution >= 4 is 11.6 Å². The molecule has 0 amide bonds. The molecule has 0 saturated carbocycles. The van der Waals surface area contributed by atoms with E-state index < -0.39 is 18.0 Å². The molecule has 0 fully saturated rings. The van der Waals surface area contributed by atoms with Crippen LogP contribution in [0.25, 0.3) is 11.4 Å². The van der Waals surface area contributed by atoms with Crippen LogP contribution in [0.5, 0.6) is 11.5 Å². The van der Waals surface area contributed by atoms with Gasteiger partial charge >= 0.3 is 6.18 Å². The number of fused-ring (bicyclic) bond motifs is 1. The van der Waals surface area contributed by atoms with E-state index in [9.17, 15) is 18.3 Å². The molecule has 168 valence electrons. The lowest BCUT2D eigenvalue weighted by atomic mass is 10.0. The molecule has 0 saturated heterocycles. The van der Waals surface area contributed by atoms with Crippen LogP contribution in [0.4, 0.5) is 19.1 Å². The first kappa shape index (κ1) is 20.5. The van der Waals surface area contributed by atoms with E-state index in [1.54, 1.807) is 36.4 Å².